The number of nitrogens with zero attached hydrogens (tertiary/aromatic N) is 3. The number of carbonyl (C=O) groups is 1. The molecule has 35 heavy (non-hydrogen) atoms. The van der Waals surface area contributed by atoms with Crippen molar-refractivity contribution in [2.24, 2.45) is 0 Å². The van der Waals surface area contributed by atoms with Crippen LogP contribution in [0.25, 0.3) is 5.69 Å². The highest BCUT2D eigenvalue weighted by Crippen LogP contribution is 2.30. The molecule has 1 aromatic heterocycles. The molecule has 0 aliphatic heterocycles. The molecule has 0 aliphatic rings. The van der Waals surface area contributed by atoms with Crippen molar-refractivity contribution in [3.05, 3.63) is 106 Å². The molecule has 2 amide bonds. The number of aryl methyl sites for hydroxylation is 2. The smallest absolute Gasteiger partial charge is 0.315 e. The normalized spacial score (nSPS) is 11.8. The summed E-state index contributed by atoms with van der Waals surface area (Å²) in [5.41, 5.74) is 5.43. The lowest BCUT2D eigenvalue weighted by molar-refractivity contribution is 0.237. The van der Waals surface area contributed by atoms with Gasteiger partial charge in [-0.05, 0) is 55.2 Å². The van der Waals surface area contributed by atoms with E-state index in [1.807, 2.05) is 79.1 Å². The number of halogens is 1. The van der Waals surface area contributed by atoms with Crippen molar-refractivity contribution in [2.75, 3.05) is 0 Å². The number of thioether (sulfide) groups is 1. The van der Waals surface area contributed by atoms with E-state index < -0.39 is 0 Å². The van der Waals surface area contributed by atoms with Gasteiger partial charge >= 0.3 is 6.03 Å². The second-order valence-electron chi connectivity index (χ2n) is 8.36. The first-order chi connectivity index (χ1) is 16.9. The maximum absolute atomic E-state index is 12.6. The van der Waals surface area contributed by atoms with Crippen LogP contribution in [0.2, 0.25) is 5.02 Å². The van der Waals surface area contributed by atoms with Crippen LogP contribution in [-0.2, 0) is 12.3 Å². The van der Waals surface area contributed by atoms with Crippen LogP contribution >= 0.6 is 23.4 Å². The van der Waals surface area contributed by atoms with E-state index >= 15 is 0 Å². The zero-order valence-corrected chi connectivity index (χ0v) is 21.5. The molecule has 0 saturated heterocycles. The van der Waals surface area contributed by atoms with Gasteiger partial charge in [0.25, 0.3) is 0 Å². The molecule has 1 unspecified atom stereocenters. The first-order valence-electron chi connectivity index (χ1n) is 11.4. The highest BCUT2D eigenvalue weighted by Gasteiger charge is 2.22. The van der Waals surface area contributed by atoms with Crippen LogP contribution in [0.5, 0.6) is 0 Å². The van der Waals surface area contributed by atoms with Crippen LogP contribution in [0.15, 0.2) is 78.0 Å². The summed E-state index contributed by atoms with van der Waals surface area (Å²) in [4.78, 5) is 12.6. The Hall–Kier alpha value is -3.29. The molecular weight excluding hydrogens is 478 g/mol. The molecule has 4 aromatic rings. The van der Waals surface area contributed by atoms with Crippen molar-refractivity contribution in [2.45, 2.75) is 44.3 Å². The van der Waals surface area contributed by atoms with Gasteiger partial charge in [-0.15, -0.1) is 10.2 Å². The largest absolute Gasteiger partial charge is 0.334 e. The van der Waals surface area contributed by atoms with E-state index in [1.54, 1.807) is 11.8 Å². The summed E-state index contributed by atoms with van der Waals surface area (Å²) in [6.45, 7) is 6.47. The van der Waals surface area contributed by atoms with Gasteiger partial charge in [-0.2, -0.15) is 0 Å². The van der Waals surface area contributed by atoms with Crippen LogP contribution in [-0.4, -0.2) is 20.8 Å². The summed E-state index contributed by atoms with van der Waals surface area (Å²) >= 11 is 7.96. The Kier molecular flexibility index (Phi) is 8.10. The summed E-state index contributed by atoms with van der Waals surface area (Å²) in [7, 11) is 0. The van der Waals surface area contributed by atoms with Gasteiger partial charge < -0.3 is 10.6 Å². The predicted molar refractivity (Wildman–Crippen MR) is 142 cm³/mol. The minimum atomic E-state index is -0.385. The molecule has 4 rings (SSSR count). The molecule has 2 N–H and O–H groups in total. The Labute approximate surface area is 215 Å². The molecule has 0 radical (unpaired) electrons. The highest BCUT2D eigenvalue weighted by atomic mass is 35.5. The first-order valence-corrected chi connectivity index (χ1v) is 12.8. The first kappa shape index (κ1) is 24.8. The quantitative estimate of drug-likeness (QED) is 0.272. The standard InChI is InChI=1S/C27H28ClN5OS/c1-18-9-7-8-12-22(18)17-35-27-32-31-25(33(27)24-15-23(28)14-13-19(24)2)20(3)30-26(34)29-16-21-10-5-4-6-11-21/h4-15,20H,16-17H2,1-3H3,(H2,29,30,34). The van der Waals surface area contributed by atoms with Crippen LogP contribution in [0.4, 0.5) is 4.79 Å². The minimum Gasteiger partial charge on any atom is -0.334 e. The number of rotatable bonds is 8. The van der Waals surface area contributed by atoms with Gasteiger partial charge in [0, 0.05) is 17.3 Å². The van der Waals surface area contributed by atoms with Crippen LogP contribution in [0.3, 0.4) is 0 Å². The third kappa shape index (κ3) is 6.24. The van der Waals surface area contributed by atoms with Gasteiger partial charge in [-0.3, -0.25) is 4.57 Å². The third-order valence-corrected chi connectivity index (χ3v) is 6.93. The Bertz CT molecular complexity index is 1310. The zero-order valence-electron chi connectivity index (χ0n) is 20.0. The number of aromatic nitrogens is 3. The molecule has 3 aromatic carbocycles. The number of urea groups is 1. The van der Waals surface area contributed by atoms with E-state index in [1.165, 1.54) is 11.1 Å². The molecule has 8 heteroatoms. The summed E-state index contributed by atoms with van der Waals surface area (Å²) in [5, 5.41) is 16.2. The molecule has 0 spiro atoms. The van der Waals surface area contributed by atoms with E-state index in [9.17, 15) is 4.79 Å². The number of benzene rings is 3. The molecule has 1 atom stereocenters. The van der Waals surface area contributed by atoms with Gasteiger partial charge in [0.15, 0.2) is 11.0 Å². The predicted octanol–water partition coefficient (Wildman–Crippen LogP) is 6.39. The Morgan fingerprint density at radius 1 is 1.00 bits per heavy atom. The number of hydrogen-bond acceptors (Lipinski definition) is 4. The molecular formula is C27H28ClN5OS. The van der Waals surface area contributed by atoms with Crippen molar-refractivity contribution in [3.63, 3.8) is 0 Å². The fourth-order valence-electron chi connectivity index (χ4n) is 3.71. The third-order valence-electron chi connectivity index (χ3n) is 5.72. The van der Waals surface area contributed by atoms with Gasteiger partial charge in [-0.1, -0.05) is 84.0 Å². The highest BCUT2D eigenvalue weighted by molar-refractivity contribution is 7.98. The lowest BCUT2D eigenvalue weighted by atomic mass is 10.1. The zero-order chi connectivity index (χ0) is 24.8. The molecule has 0 fully saturated rings. The summed E-state index contributed by atoms with van der Waals surface area (Å²) < 4.78 is 1.99. The van der Waals surface area contributed by atoms with Gasteiger partial charge in [0.1, 0.15) is 0 Å². The Balaban J connectivity index is 1.57. The van der Waals surface area contributed by atoms with E-state index in [2.05, 4.69) is 39.9 Å². The van der Waals surface area contributed by atoms with E-state index in [-0.39, 0.29) is 12.1 Å². The number of amides is 2. The van der Waals surface area contributed by atoms with Crippen molar-refractivity contribution < 1.29 is 4.79 Å². The maximum atomic E-state index is 12.6. The molecule has 0 bridgehead atoms. The number of carbonyl (C=O) groups excluding carboxylic acids is 1. The number of hydrogen-bond donors (Lipinski definition) is 2. The minimum absolute atomic E-state index is 0.271. The molecule has 6 nitrogen and oxygen atoms in total. The van der Waals surface area contributed by atoms with Gasteiger partial charge in [-0.25, -0.2) is 4.79 Å². The van der Waals surface area contributed by atoms with Crippen LogP contribution in [0, 0.1) is 13.8 Å². The topological polar surface area (TPSA) is 71.8 Å². The molecule has 180 valence electrons. The van der Waals surface area contributed by atoms with Crippen LogP contribution < -0.4 is 10.6 Å². The van der Waals surface area contributed by atoms with Gasteiger partial charge in [0.2, 0.25) is 0 Å². The second-order valence-corrected chi connectivity index (χ2v) is 9.74. The summed E-state index contributed by atoms with van der Waals surface area (Å²) in [5.74, 6) is 1.39. The molecule has 0 aliphatic carbocycles. The second kappa shape index (κ2) is 11.4. The Morgan fingerprint density at radius 2 is 1.74 bits per heavy atom. The lowest BCUT2D eigenvalue weighted by Gasteiger charge is -2.18. The van der Waals surface area contributed by atoms with E-state index in [0.717, 1.165) is 27.7 Å². The fraction of sp³-hybridized carbons (Fsp3) is 0.222. The van der Waals surface area contributed by atoms with Crippen molar-refractivity contribution in [3.8, 4) is 5.69 Å². The van der Waals surface area contributed by atoms with E-state index in [0.29, 0.717) is 17.4 Å². The molecule has 0 saturated carbocycles. The van der Waals surface area contributed by atoms with E-state index in [4.69, 9.17) is 11.6 Å². The Morgan fingerprint density at radius 3 is 2.51 bits per heavy atom. The average Bonchev–Trinajstić information content (AvgIpc) is 3.28. The monoisotopic (exact) mass is 505 g/mol. The average molecular weight is 506 g/mol. The SMILES string of the molecule is Cc1ccccc1CSc1nnc(C(C)NC(=O)NCc2ccccc2)n1-c1cc(Cl)ccc1C. The summed E-state index contributed by atoms with van der Waals surface area (Å²) in [6, 6.07) is 23.2. The summed E-state index contributed by atoms with van der Waals surface area (Å²) in [6.07, 6.45) is 0. The maximum Gasteiger partial charge on any atom is 0.315 e. The molecule has 1 heterocycles. The van der Waals surface area contributed by atoms with Crippen molar-refractivity contribution in [1.82, 2.24) is 25.4 Å². The van der Waals surface area contributed by atoms with Gasteiger partial charge in [0.05, 0.1) is 11.7 Å². The van der Waals surface area contributed by atoms with Crippen molar-refractivity contribution >= 4 is 29.4 Å². The number of nitrogens with one attached hydrogen (secondary N) is 2. The van der Waals surface area contributed by atoms with Crippen LogP contribution in [0.1, 0.15) is 41.0 Å². The van der Waals surface area contributed by atoms with Crippen molar-refractivity contribution in [1.29, 1.82) is 0 Å². The fourth-order valence-corrected chi connectivity index (χ4v) is 4.90. The lowest BCUT2D eigenvalue weighted by Crippen LogP contribution is -2.37.